The number of rotatable bonds is 2. The third kappa shape index (κ3) is 2.71. The van der Waals surface area contributed by atoms with Gasteiger partial charge < -0.3 is 5.11 Å². The predicted octanol–water partition coefficient (Wildman–Crippen LogP) is 2.54. The lowest BCUT2D eigenvalue weighted by Crippen LogP contribution is -2.45. The van der Waals surface area contributed by atoms with Gasteiger partial charge in [0.25, 0.3) is 0 Å². The predicted molar refractivity (Wildman–Crippen MR) is 68.7 cm³/mol. The molecule has 1 fully saturated rings. The molecule has 2 unspecified atom stereocenters. The molecule has 96 valence electrons. The minimum absolute atomic E-state index is 0.341. The van der Waals surface area contributed by atoms with Gasteiger partial charge in [0, 0.05) is 19.7 Å². The second kappa shape index (κ2) is 4.13. The van der Waals surface area contributed by atoms with E-state index >= 15 is 0 Å². The van der Waals surface area contributed by atoms with Crippen LogP contribution in [-0.2, 0) is 13.5 Å². The Morgan fingerprint density at radius 1 is 1.47 bits per heavy atom. The maximum absolute atomic E-state index is 10.8. The first kappa shape index (κ1) is 12.6. The summed E-state index contributed by atoms with van der Waals surface area (Å²) in [6.07, 6.45) is 5.70. The molecule has 2 atom stereocenters. The van der Waals surface area contributed by atoms with Crippen molar-refractivity contribution in [1.29, 1.82) is 0 Å². The van der Waals surface area contributed by atoms with Gasteiger partial charge in [0.15, 0.2) is 0 Å². The van der Waals surface area contributed by atoms with Crippen molar-refractivity contribution in [3.8, 4) is 0 Å². The van der Waals surface area contributed by atoms with Gasteiger partial charge in [0.2, 0.25) is 0 Å². The Kier molecular flexibility index (Phi) is 3.06. The first-order valence-corrected chi connectivity index (χ1v) is 6.52. The van der Waals surface area contributed by atoms with Gasteiger partial charge >= 0.3 is 0 Å². The molecule has 3 nitrogen and oxygen atoms in total. The van der Waals surface area contributed by atoms with Crippen LogP contribution >= 0.6 is 0 Å². The van der Waals surface area contributed by atoms with E-state index < -0.39 is 5.60 Å². The Bertz CT molecular complexity index is 397. The van der Waals surface area contributed by atoms with E-state index in [0.717, 1.165) is 25.0 Å². The van der Waals surface area contributed by atoms with Crippen molar-refractivity contribution in [3.05, 3.63) is 18.0 Å². The Hall–Kier alpha value is -0.830. The smallest absolute Gasteiger partial charge is 0.0729 e. The maximum Gasteiger partial charge on any atom is 0.0729 e. The fourth-order valence-corrected chi connectivity index (χ4v) is 3.06. The molecule has 0 radical (unpaired) electrons. The van der Waals surface area contributed by atoms with Crippen molar-refractivity contribution in [3.63, 3.8) is 0 Å². The summed E-state index contributed by atoms with van der Waals surface area (Å²) < 4.78 is 1.80. The summed E-state index contributed by atoms with van der Waals surface area (Å²) in [5.74, 6) is 0.341. The fourth-order valence-electron chi connectivity index (χ4n) is 3.06. The fraction of sp³-hybridized carbons (Fsp3) is 0.786. The Morgan fingerprint density at radius 2 is 2.18 bits per heavy atom. The van der Waals surface area contributed by atoms with Gasteiger partial charge in [-0.3, -0.25) is 4.68 Å². The molecular weight excluding hydrogens is 212 g/mol. The van der Waals surface area contributed by atoms with Crippen LogP contribution in [0.3, 0.4) is 0 Å². The highest BCUT2D eigenvalue weighted by Crippen LogP contribution is 2.44. The normalized spacial score (nSPS) is 32.6. The number of aryl methyl sites for hydroxylation is 1. The van der Waals surface area contributed by atoms with Gasteiger partial charge in [0.1, 0.15) is 0 Å². The lowest BCUT2D eigenvalue weighted by atomic mass is 9.64. The second-order valence-corrected chi connectivity index (χ2v) is 6.53. The monoisotopic (exact) mass is 236 g/mol. The molecule has 0 amide bonds. The number of aromatic nitrogens is 2. The first-order valence-electron chi connectivity index (χ1n) is 6.52. The average molecular weight is 236 g/mol. The van der Waals surface area contributed by atoms with E-state index in [9.17, 15) is 5.11 Å². The summed E-state index contributed by atoms with van der Waals surface area (Å²) in [7, 11) is 1.92. The third-order valence-electron chi connectivity index (χ3n) is 4.27. The Morgan fingerprint density at radius 3 is 2.71 bits per heavy atom. The molecule has 1 saturated carbocycles. The summed E-state index contributed by atoms with van der Waals surface area (Å²) in [5.41, 5.74) is 0.807. The molecule has 1 aromatic heterocycles. The lowest BCUT2D eigenvalue weighted by molar-refractivity contribution is -0.0710. The molecule has 0 aromatic carbocycles. The molecular formula is C14H24N2O. The van der Waals surface area contributed by atoms with Gasteiger partial charge in [-0.15, -0.1) is 0 Å². The Balaban J connectivity index is 2.09. The highest BCUT2D eigenvalue weighted by atomic mass is 16.3. The number of aliphatic hydroxyl groups is 1. The van der Waals surface area contributed by atoms with Crippen LogP contribution in [0.4, 0.5) is 0 Å². The van der Waals surface area contributed by atoms with Gasteiger partial charge in [0.05, 0.1) is 11.3 Å². The van der Waals surface area contributed by atoms with Crippen LogP contribution in [-0.4, -0.2) is 20.5 Å². The molecule has 1 aromatic rings. The number of hydrogen-bond donors (Lipinski definition) is 1. The van der Waals surface area contributed by atoms with Gasteiger partial charge in [-0.25, -0.2) is 0 Å². The van der Waals surface area contributed by atoms with Crippen LogP contribution in [0, 0.1) is 11.3 Å². The van der Waals surface area contributed by atoms with E-state index in [1.807, 2.05) is 19.3 Å². The minimum Gasteiger partial charge on any atom is -0.389 e. The van der Waals surface area contributed by atoms with Gasteiger partial charge in [-0.1, -0.05) is 20.8 Å². The van der Waals surface area contributed by atoms with E-state index in [1.165, 1.54) is 0 Å². The standard InChI is InChI=1S/C14H24N2O/c1-11-9-13(2,3)6-7-14(11,17)10-12-5-8-16(4)15-12/h5,8,11,17H,6-7,9-10H2,1-4H3. The summed E-state index contributed by atoms with van der Waals surface area (Å²) >= 11 is 0. The first-order chi connectivity index (χ1) is 7.81. The topological polar surface area (TPSA) is 38.0 Å². The molecule has 1 aliphatic carbocycles. The molecule has 2 rings (SSSR count). The summed E-state index contributed by atoms with van der Waals surface area (Å²) in [6, 6.07) is 2.00. The van der Waals surface area contributed by atoms with Crippen molar-refractivity contribution in [2.24, 2.45) is 18.4 Å². The van der Waals surface area contributed by atoms with Crippen LogP contribution in [0.5, 0.6) is 0 Å². The van der Waals surface area contributed by atoms with Crippen LogP contribution < -0.4 is 0 Å². The molecule has 0 spiro atoms. The molecule has 17 heavy (non-hydrogen) atoms. The molecule has 0 aliphatic heterocycles. The number of nitrogens with zero attached hydrogens (tertiary/aromatic N) is 2. The zero-order chi connectivity index (χ0) is 12.7. The van der Waals surface area contributed by atoms with E-state index in [-0.39, 0.29) is 0 Å². The van der Waals surface area contributed by atoms with Crippen molar-refractivity contribution in [2.45, 2.75) is 52.1 Å². The van der Waals surface area contributed by atoms with Gasteiger partial charge in [-0.2, -0.15) is 5.10 Å². The summed E-state index contributed by atoms with van der Waals surface area (Å²) in [6.45, 7) is 6.76. The molecule has 1 aliphatic rings. The second-order valence-electron chi connectivity index (χ2n) is 6.53. The van der Waals surface area contributed by atoms with E-state index in [4.69, 9.17) is 0 Å². The zero-order valence-electron chi connectivity index (χ0n) is 11.4. The summed E-state index contributed by atoms with van der Waals surface area (Å²) in [5, 5.41) is 15.2. The van der Waals surface area contributed by atoms with Crippen molar-refractivity contribution in [1.82, 2.24) is 9.78 Å². The van der Waals surface area contributed by atoms with Crippen LogP contribution in [0.25, 0.3) is 0 Å². The molecule has 0 bridgehead atoms. The average Bonchev–Trinajstić information content (AvgIpc) is 2.59. The summed E-state index contributed by atoms with van der Waals surface area (Å²) in [4.78, 5) is 0. The highest BCUT2D eigenvalue weighted by Gasteiger charge is 2.42. The van der Waals surface area contributed by atoms with Crippen LogP contribution in [0.15, 0.2) is 12.3 Å². The maximum atomic E-state index is 10.8. The van der Waals surface area contributed by atoms with E-state index in [2.05, 4.69) is 25.9 Å². The number of hydrogen-bond acceptors (Lipinski definition) is 2. The van der Waals surface area contributed by atoms with E-state index in [0.29, 0.717) is 17.8 Å². The van der Waals surface area contributed by atoms with Crippen molar-refractivity contribution in [2.75, 3.05) is 0 Å². The SMILES string of the molecule is CC1CC(C)(C)CCC1(O)Cc1ccn(C)n1. The molecule has 1 heterocycles. The third-order valence-corrected chi connectivity index (χ3v) is 4.27. The van der Waals surface area contributed by atoms with Gasteiger partial charge in [-0.05, 0) is 36.7 Å². The lowest BCUT2D eigenvalue weighted by Gasteiger charge is -2.45. The largest absolute Gasteiger partial charge is 0.389 e. The van der Waals surface area contributed by atoms with Crippen LogP contribution in [0.1, 0.15) is 45.7 Å². The molecule has 3 heteroatoms. The quantitative estimate of drug-likeness (QED) is 0.857. The molecule has 1 N–H and O–H groups in total. The highest BCUT2D eigenvalue weighted by molar-refractivity contribution is 5.07. The minimum atomic E-state index is -0.566. The zero-order valence-corrected chi connectivity index (χ0v) is 11.4. The Labute approximate surface area is 104 Å². The van der Waals surface area contributed by atoms with Crippen molar-refractivity contribution >= 4 is 0 Å². The molecule has 0 saturated heterocycles. The van der Waals surface area contributed by atoms with E-state index in [1.54, 1.807) is 4.68 Å². The van der Waals surface area contributed by atoms with Crippen molar-refractivity contribution < 1.29 is 5.11 Å². The van der Waals surface area contributed by atoms with Crippen LogP contribution in [0.2, 0.25) is 0 Å².